The summed E-state index contributed by atoms with van der Waals surface area (Å²) >= 11 is 0. The highest BCUT2D eigenvalue weighted by Crippen LogP contribution is 2.18. The van der Waals surface area contributed by atoms with Crippen molar-refractivity contribution in [1.29, 1.82) is 0 Å². The minimum atomic E-state index is -0.497. The van der Waals surface area contributed by atoms with Crippen molar-refractivity contribution in [3.8, 4) is 0 Å². The monoisotopic (exact) mass is 271 g/mol. The first-order valence-electron chi connectivity index (χ1n) is 6.73. The Morgan fingerprint density at radius 1 is 1.15 bits per heavy atom. The van der Waals surface area contributed by atoms with Crippen LogP contribution in [0.5, 0.6) is 0 Å². The molecule has 0 aliphatic rings. The van der Waals surface area contributed by atoms with E-state index in [-0.39, 0.29) is 17.5 Å². The number of benzene rings is 2. The van der Waals surface area contributed by atoms with E-state index in [1.165, 1.54) is 17.7 Å². The van der Waals surface area contributed by atoms with Crippen molar-refractivity contribution in [2.24, 2.45) is 0 Å². The van der Waals surface area contributed by atoms with E-state index in [2.05, 4.69) is 5.32 Å². The first kappa shape index (κ1) is 14.3. The quantitative estimate of drug-likeness (QED) is 0.894. The van der Waals surface area contributed by atoms with Gasteiger partial charge in [-0.2, -0.15) is 0 Å². The minimum Gasteiger partial charge on any atom is -0.345 e. The third-order valence-corrected chi connectivity index (χ3v) is 3.31. The number of hydrogen-bond donors (Lipinski definition) is 1. The molecule has 0 aliphatic carbocycles. The molecule has 104 valence electrons. The van der Waals surface area contributed by atoms with Gasteiger partial charge < -0.3 is 5.32 Å². The summed E-state index contributed by atoms with van der Waals surface area (Å²) in [5, 5.41) is 2.88. The van der Waals surface area contributed by atoms with Crippen LogP contribution in [-0.2, 0) is 0 Å². The first-order valence-corrected chi connectivity index (χ1v) is 6.73. The molecule has 0 unspecified atom stereocenters. The summed E-state index contributed by atoms with van der Waals surface area (Å²) < 4.78 is 13.6. The lowest BCUT2D eigenvalue weighted by molar-refractivity contribution is 0.0931. The Hall–Kier alpha value is -2.16. The van der Waals surface area contributed by atoms with Crippen molar-refractivity contribution in [1.82, 2.24) is 5.32 Å². The Labute approximate surface area is 118 Å². The van der Waals surface area contributed by atoms with Crippen molar-refractivity contribution in [2.45, 2.75) is 26.3 Å². The van der Waals surface area contributed by atoms with Crippen molar-refractivity contribution >= 4 is 5.91 Å². The van der Waals surface area contributed by atoms with E-state index in [1.807, 2.05) is 38.1 Å². The average Bonchev–Trinajstić information content (AvgIpc) is 2.46. The molecule has 0 heterocycles. The maximum absolute atomic E-state index is 13.6. The van der Waals surface area contributed by atoms with Gasteiger partial charge in [-0.15, -0.1) is 0 Å². The zero-order valence-electron chi connectivity index (χ0n) is 11.7. The van der Waals surface area contributed by atoms with Crippen LogP contribution in [-0.4, -0.2) is 5.91 Å². The predicted molar refractivity (Wildman–Crippen MR) is 78.1 cm³/mol. The second kappa shape index (κ2) is 6.33. The van der Waals surface area contributed by atoms with Crippen LogP contribution in [0.3, 0.4) is 0 Å². The molecule has 0 saturated carbocycles. The first-order chi connectivity index (χ1) is 9.61. The Kier molecular flexibility index (Phi) is 4.51. The molecule has 0 spiro atoms. The van der Waals surface area contributed by atoms with Crippen LogP contribution in [0, 0.1) is 12.7 Å². The number of amides is 1. The lowest BCUT2D eigenvalue weighted by atomic mass is 10.0. The topological polar surface area (TPSA) is 29.1 Å². The summed E-state index contributed by atoms with van der Waals surface area (Å²) in [5.74, 6) is -0.876. The smallest absolute Gasteiger partial charge is 0.254 e. The van der Waals surface area contributed by atoms with Gasteiger partial charge in [0.2, 0.25) is 0 Å². The molecule has 2 aromatic rings. The second-order valence-electron chi connectivity index (χ2n) is 4.82. The van der Waals surface area contributed by atoms with E-state index in [4.69, 9.17) is 0 Å². The summed E-state index contributed by atoms with van der Waals surface area (Å²) in [7, 11) is 0. The van der Waals surface area contributed by atoms with Crippen LogP contribution in [0.4, 0.5) is 4.39 Å². The van der Waals surface area contributed by atoms with E-state index in [0.717, 1.165) is 12.0 Å². The SMILES string of the molecule is CC[C@H](NC(=O)c1ccccc1F)c1ccc(C)cc1. The summed E-state index contributed by atoms with van der Waals surface area (Å²) in [4.78, 5) is 12.1. The fourth-order valence-electron chi connectivity index (χ4n) is 2.10. The van der Waals surface area contributed by atoms with Gasteiger partial charge in [0.05, 0.1) is 11.6 Å². The van der Waals surface area contributed by atoms with E-state index in [9.17, 15) is 9.18 Å². The average molecular weight is 271 g/mol. The fourth-order valence-corrected chi connectivity index (χ4v) is 2.10. The highest BCUT2D eigenvalue weighted by atomic mass is 19.1. The number of aryl methyl sites for hydroxylation is 1. The number of carbonyl (C=O) groups is 1. The van der Waals surface area contributed by atoms with Gasteiger partial charge in [-0.1, -0.05) is 48.9 Å². The highest BCUT2D eigenvalue weighted by molar-refractivity contribution is 5.94. The second-order valence-corrected chi connectivity index (χ2v) is 4.82. The number of rotatable bonds is 4. The van der Waals surface area contributed by atoms with Gasteiger partial charge in [-0.05, 0) is 31.0 Å². The normalized spacial score (nSPS) is 11.9. The van der Waals surface area contributed by atoms with Crippen molar-refractivity contribution in [2.75, 3.05) is 0 Å². The lowest BCUT2D eigenvalue weighted by Crippen LogP contribution is -2.28. The standard InChI is InChI=1S/C17H18FNO/c1-3-16(13-10-8-12(2)9-11-13)19-17(20)14-6-4-5-7-15(14)18/h4-11,16H,3H2,1-2H3,(H,19,20)/t16-/m0/s1. The number of carbonyl (C=O) groups excluding carboxylic acids is 1. The largest absolute Gasteiger partial charge is 0.345 e. The van der Waals surface area contributed by atoms with Crippen LogP contribution in [0.2, 0.25) is 0 Å². The molecule has 1 amide bonds. The van der Waals surface area contributed by atoms with Crippen LogP contribution >= 0.6 is 0 Å². The predicted octanol–water partition coefficient (Wildman–Crippen LogP) is 4.02. The van der Waals surface area contributed by atoms with Crippen LogP contribution in [0.15, 0.2) is 48.5 Å². The highest BCUT2D eigenvalue weighted by Gasteiger charge is 2.16. The lowest BCUT2D eigenvalue weighted by Gasteiger charge is -2.18. The zero-order valence-corrected chi connectivity index (χ0v) is 11.7. The summed E-state index contributed by atoms with van der Waals surface area (Å²) in [5.41, 5.74) is 2.28. The molecule has 20 heavy (non-hydrogen) atoms. The molecule has 2 nitrogen and oxygen atoms in total. The summed E-state index contributed by atoms with van der Waals surface area (Å²) in [6, 6.07) is 13.9. The minimum absolute atomic E-state index is 0.0815. The third-order valence-electron chi connectivity index (χ3n) is 3.31. The van der Waals surface area contributed by atoms with Crippen molar-refractivity contribution < 1.29 is 9.18 Å². The maximum Gasteiger partial charge on any atom is 0.254 e. The summed E-state index contributed by atoms with van der Waals surface area (Å²) in [6.07, 6.45) is 0.753. The van der Waals surface area contributed by atoms with Crippen molar-refractivity contribution in [3.63, 3.8) is 0 Å². The van der Waals surface area contributed by atoms with Crippen LogP contribution < -0.4 is 5.32 Å². The van der Waals surface area contributed by atoms with Gasteiger partial charge in [-0.3, -0.25) is 4.79 Å². The molecule has 0 radical (unpaired) electrons. The molecule has 0 aliphatic heterocycles. The van der Waals surface area contributed by atoms with E-state index >= 15 is 0 Å². The number of hydrogen-bond acceptors (Lipinski definition) is 1. The van der Waals surface area contributed by atoms with E-state index in [0.29, 0.717) is 0 Å². The van der Waals surface area contributed by atoms with E-state index in [1.54, 1.807) is 12.1 Å². The summed E-state index contributed by atoms with van der Waals surface area (Å²) in [6.45, 7) is 4.01. The zero-order chi connectivity index (χ0) is 14.5. The molecule has 1 N–H and O–H groups in total. The molecule has 1 atom stereocenters. The van der Waals surface area contributed by atoms with Crippen LogP contribution in [0.25, 0.3) is 0 Å². The van der Waals surface area contributed by atoms with Gasteiger partial charge in [-0.25, -0.2) is 4.39 Å². The Bertz CT molecular complexity index is 592. The van der Waals surface area contributed by atoms with Crippen molar-refractivity contribution in [3.05, 3.63) is 71.0 Å². The number of nitrogens with one attached hydrogen (secondary N) is 1. The van der Waals surface area contributed by atoms with Gasteiger partial charge >= 0.3 is 0 Å². The molecular weight excluding hydrogens is 253 g/mol. The van der Waals surface area contributed by atoms with Gasteiger partial charge in [0.25, 0.3) is 5.91 Å². The fraction of sp³-hybridized carbons (Fsp3) is 0.235. The molecule has 2 aromatic carbocycles. The molecule has 0 aromatic heterocycles. The van der Waals surface area contributed by atoms with Gasteiger partial charge in [0, 0.05) is 0 Å². The molecule has 0 saturated heterocycles. The molecule has 0 bridgehead atoms. The maximum atomic E-state index is 13.6. The molecular formula is C17H18FNO. The molecule has 2 rings (SSSR count). The Morgan fingerprint density at radius 3 is 2.40 bits per heavy atom. The van der Waals surface area contributed by atoms with Gasteiger partial charge in [0.1, 0.15) is 5.82 Å². The van der Waals surface area contributed by atoms with Crippen LogP contribution in [0.1, 0.15) is 40.9 Å². The van der Waals surface area contributed by atoms with E-state index < -0.39 is 5.82 Å². The van der Waals surface area contributed by atoms with Gasteiger partial charge in [0.15, 0.2) is 0 Å². The Morgan fingerprint density at radius 2 is 1.80 bits per heavy atom. The Balaban J connectivity index is 2.16. The third kappa shape index (κ3) is 3.23. The molecule has 3 heteroatoms. The molecule has 0 fully saturated rings. The number of halogens is 1.